The first kappa shape index (κ1) is 15.4. The van der Waals surface area contributed by atoms with Crippen molar-refractivity contribution >= 4 is 22.3 Å². The maximum absolute atomic E-state index is 10.5. The molecule has 0 saturated heterocycles. The zero-order valence-corrected chi connectivity index (χ0v) is 12.4. The average Bonchev–Trinajstić information content (AvgIpc) is 2.46. The molecule has 0 bridgehead atoms. The monoisotopic (exact) mass is 303 g/mol. The number of benzene rings is 1. The Labute approximate surface area is 125 Å². The smallest absolute Gasteiger partial charge is 0.169 e. The Hall–Kier alpha value is -1.98. The molecule has 0 amide bonds. The Morgan fingerprint density at radius 1 is 0.952 bits per heavy atom. The van der Waals surface area contributed by atoms with Crippen molar-refractivity contribution in [2.24, 2.45) is 0 Å². The molecular weight excluding hydrogens is 286 g/mol. The van der Waals surface area contributed by atoms with E-state index in [4.69, 9.17) is 0 Å². The minimum atomic E-state index is -4.12. The predicted molar refractivity (Wildman–Crippen MR) is 81.2 cm³/mol. The maximum Gasteiger partial charge on any atom is 0.169 e. The van der Waals surface area contributed by atoms with Crippen LogP contribution < -0.4 is 4.57 Å². The summed E-state index contributed by atoms with van der Waals surface area (Å²) < 4.78 is 33.4. The van der Waals surface area contributed by atoms with E-state index in [1.807, 2.05) is 71.6 Å². The molecule has 2 aromatic rings. The summed E-state index contributed by atoms with van der Waals surface area (Å²) in [5.41, 5.74) is 2.20. The summed E-state index contributed by atoms with van der Waals surface area (Å²) in [6.07, 6.45) is 8.13. The van der Waals surface area contributed by atoms with Gasteiger partial charge >= 0.3 is 0 Å². The van der Waals surface area contributed by atoms with E-state index >= 15 is 0 Å². The lowest BCUT2D eigenvalue weighted by Gasteiger charge is -2.04. The molecule has 0 aliphatic heterocycles. The third-order valence-corrected chi connectivity index (χ3v) is 3.78. The van der Waals surface area contributed by atoms with Crippen molar-refractivity contribution in [2.75, 3.05) is 5.75 Å². The van der Waals surface area contributed by atoms with E-state index in [0.29, 0.717) is 13.0 Å². The van der Waals surface area contributed by atoms with Crippen molar-refractivity contribution < 1.29 is 17.5 Å². The van der Waals surface area contributed by atoms with Crippen molar-refractivity contribution in [2.45, 2.75) is 13.0 Å². The third-order valence-electron chi connectivity index (χ3n) is 3.00. The van der Waals surface area contributed by atoms with Crippen LogP contribution in [0.3, 0.4) is 0 Å². The van der Waals surface area contributed by atoms with Crippen LogP contribution in [0.2, 0.25) is 0 Å². The number of hydrogen-bond donors (Lipinski definition) is 0. The van der Waals surface area contributed by atoms with Gasteiger partial charge in [-0.25, -0.2) is 13.0 Å². The van der Waals surface area contributed by atoms with Gasteiger partial charge in [-0.1, -0.05) is 42.5 Å². The van der Waals surface area contributed by atoms with E-state index < -0.39 is 10.1 Å². The van der Waals surface area contributed by atoms with Crippen molar-refractivity contribution in [1.29, 1.82) is 0 Å². The summed E-state index contributed by atoms with van der Waals surface area (Å²) in [5.74, 6) is -0.324. The van der Waals surface area contributed by atoms with Gasteiger partial charge in [-0.15, -0.1) is 0 Å². The Kier molecular flexibility index (Phi) is 5.25. The molecule has 1 aromatic carbocycles. The summed E-state index contributed by atoms with van der Waals surface area (Å²) in [6, 6.07) is 13.9. The van der Waals surface area contributed by atoms with Crippen LogP contribution in [0.4, 0.5) is 0 Å². The summed E-state index contributed by atoms with van der Waals surface area (Å²) in [4.78, 5) is 0. The van der Waals surface area contributed by atoms with Crippen LogP contribution in [0.5, 0.6) is 0 Å². The molecular formula is C16H17NO3S. The van der Waals surface area contributed by atoms with Gasteiger partial charge in [0.25, 0.3) is 0 Å². The van der Waals surface area contributed by atoms with Crippen LogP contribution in [0.1, 0.15) is 17.5 Å². The Balaban J connectivity index is 1.91. The molecule has 0 atom stereocenters. The van der Waals surface area contributed by atoms with E-state index in [1.54, 1.807) is 0 Å². The first-order chi connectivity index (χ1) is 10.0. The van der Waals surface area contributed by atoms with Crippen molar-refractivity contribution in [3.8, 4) is 0 Å². The van der Waals surface area contributed by atoms with E-state index in [2.05, 4.69) is 0 Å². The number of aryl methyl sites for hydroxylation is 1. The lowest BCUT2D eigenvalue weighted by atomic mass is 10.1. The van der Waals surface area contributed by atoms with Gasteiger partial charge in [0, 0.05) is 24.3 Å². The zero-order chi connectivity index (χ0) is 15.1. The van der Waals surface area contributed by atoms with E-state index in [-0.39, 0.29) is 5.75 Å². The molecule has 0 spiro atoms. The SMILES string of the molecule is O=S(=O)([O-])CCC[n+]1ccc(/C=C\c2ccccc2)cc1. The molecule has 0 saturated carbocycles. The first-order valence-electron chi connectivity index (χ1n) is 6.69. The second-order valence-corrected chi connectivity index (χ2v) is 6.25. The molecule has 0 fully saturated rings. The standard InChI is InChI=1S/C16H17NO3S/c18-21(19,20)14-4-11-17-12-9-16(10-13-17)8-7-15-5-2-1-3-6-15/h1-3,5-10,12-13H,4,11,14H2/b8-7-. The van der Waals surface area contributed by atoms with Gasteiger partial charge in [0.2, 0.25) is 0 Å². The van der Waals surface area contributed by atoms with Crippen LogP contribution in [0, 0.1) is 0 Å². The van der Waals surface area contributed by atoms with Gasteiger partial charge in [0.05, 0.1) is 10.1 Å². The minimum Gasteiger partial charge on any atom is -0.748 e. The maximum atomic E-state index is 10.5. The second-order valence-electron chi connectivity index (χ2n) is 4.73. The largest absolute Gasteiger partial charge is 0.748 e. The summed E-state index contributed by atoms with van der Waals surface area (Å²) >= 11 is 0. The molecule has 0 N–H and O–H groups in total. The molecule has 110 valence electrons. The molecule has 0 aliphatic carbocycles. The molecule has 0 unspecified atom stereocenters. The molecule has 1 heterocycles. The van der Waals surface area contributed by atoms with E-state index in [1.165, 1.54) is 0 Å². The lowest BCUT2D eigenvalue weighted by Crippen LogP contribution is -2.33. The number of rotatable bonds is 6. The Morgan fingerprint density at radius 2 is 1.52 bits per heavy atom. The number of hydrogen-bond acceptors (Lipinski definition) is 3. The topological polar surface area (TPSA) is 61.1 Å². The first-order valence-corrected chi connectivity index (χ1v) is 8.26. The molecule has 0 radical (unpaired) electrons. The fourth-order valence-electron chi connectivity index (χ4n) is 1.91. The van der Waals surface area contributed by atoms with Gasteiger partial charge in [0.15, 0.2) is 12.4 Å². The van der Waals surface area contributed by atoms with Crippen molar-refractivity contribution in [1.82, 2.24) is 0 Å². The molecule has 2 rings (SSSR count). The second kappa shape index (κ2) is 7.15. The van der Waals surface area contributed by atoms with Crippen LogP contribution in [0.15, 0.2) is 54.9 Å². The highest BCUT2D eigenvalue weighted by molar-refractivity contribution is 7.85. The summed E-state index contributed by atoms with van der Waals surface area (Å²) in [7, 11) is -4.12. The lowest BCUT2D eigenvalue weighted by molar-refractivity contribution is -0.696. The highest BCUT2D eigenvalue weighted by Gasteiger charge is 2.02. The Bertz CT molecular complexity index is 692. The predicted octanol–water partition coefficient (Wildman–Crippen LogP) is 2.08. The fraction of sp³-hybridized carbons (Fsp3) is 0.188. The normalized spacial score (nSPS) is 11.9. The van der Waals surface area contributed by atoms with Crippen LogP contribution in [-0.2, 0) is 16.7 Å². The van der Waals surface area contributed by atoms with Crippen LogP contribution in [0.25, 0.3) is 12.2 Å². The average molecular weight is 303 g/mol. The van der Waals surface area contributed by atoms with Crippen LogP contribution >= 0.6 is 0 Å². The van der Waals surface area contributed by atoms with Gasteiger partial charge in [-0.2, -0.15) is 0 Å². The minimum absolute atomic E-state index is 0.324. The van der Waals surface area contributed by atoms with Crippen molar-refractivity contribution in [3.05, 3.63) is 66.0 Å². The zero-order valence-electron chi connectivity index (χ0n) is 11.6. The fourth-order valence-corrected chi connectivity index (χ4v) is 2.39. The number of pyridine rings is 1. The number of aromatic nitrogens is 1. The Morgan fingerprint density at radius 3 is 2.10 bits per heavy atom. The van der Waals surface area contributed by atoms with E-state index in [9.17, 15) is 13.0 Å². The van der Waals surface area contributed by atoms with Crippen LogP contribution in [-0.4, -0.2) is 18.7 Å². The quantitative estimate of drug-likeness (QED) is 0.606. The third kappa shape index (κ3) is 5.89. The molecule has 4 nitrogen and oxygen atoms in total. The van der Waals surface area contributed by atoms with Gasteiger partial charge in [0.1, 0.15) is 6.54 Å². The summed E-state index contributed by atoms with van der Waals surface area (Å²) in [5, 5.41) is 0. The highest BCUT2D eigenvalue weighted by Crippen LogP contribution is 2.06. The molecule has 21 heavy (non-hydrogen) atoms. The van der Waals surface area contributed by atoms with Crippen molar-refractivity contribution in [3.63, 3.8) is 0 Å². The summed E-state index contributed by atoms with van der Waals surface area (Å²) in [6.45, 7) is 0.518. The van der Waals surface area contributed by atoms with Gasteiger partial charge in [-0.05, 0) is 11.1 Å². The van der Waals surface area contributed by atoms with Gasteiger partial charge < -0.3 is 4.55 Å². The molecule has 0 aliphatic rings. The highest BCUT2D eigenvalue weighted by atomic mass is 32.2. The van der Waals surface area contributed by atoms with E-state index in [0.717, 1.165) is 11.1 Å². The molecule has 1 aromatic heterocycles. The number of nitrogens with zero attached hydrogens (tertiary/aromatic N) is 1. The van der Waals surface area contributed by atoms with Gasteiger partial charge in [-0.3, -0.25) is 0 Å². The molecule has 5 heteroatoms.